The molecule has 2 aromatic heterocycles. The third-order valence-corrected chi connectivity index (χ3v) is 2.41. The Hall–Kier alpha value is -1.20. The van der Waals surface area contributed by atoms with Crippen molar-refractivity contribution in [2.75, 3.05) is 5.32 Å². The van der Waals surface area contributed by atoms with Gasteiger partial charge in [-0.25, -0.2) is 15.0 Å². The van der Waals surface area contributed by atoms with Crippen molar-refractivity contribution in [3.8, 4) is 0 Å². The summed E-state index contributed by atoms with van der Waals surface area (Å²) in [7, 11) is 0. The van der Waals surface area contributed by atoms with E-state index in [1.54, 1.807) is 22.9 Å². The quantitative estimate of drug-likeness (QED) is 0.816. The second-order valence-electron chi connectivity index (χ2n) is 2.56. The van der Waals surface area contributed by atoms with Gasteiger partial charge in [0.1, 0.15) is 17.3 Å². The van der Waals surface area contributed by atoms with Crippen LogP contribution in [-0.4, -0.2) is 15.0 Å². The van der Waals surface area contributed by atoms with Crippen LogP contribution in [0.15, 0.2) is 23.3 Å². The van der Waals surface area contributed by atoms with Crippen LogP contribution < -0.4 is 5.32 Å². The Kier molecular flexibility index (Phi) is 2.90. The van der Waals surface area contributed by atoms with Crippen molar-refractivity contribution >= 4 is 28.8 Å². The Bertz CT molecular complexity index is 403. The van der Waals surface area contributed by atoms with Crippen LogP contribution in [-0.2, 0) is 6.54 Å². The number of halogens is 1. The van der Waals surface area contributed by atoms with E-state index in [1.807, 2.05) is 5.38 Å². The molecule has 0 aliphatic carbocycles. The number of hydrogen-bond donors (Lipinski definition) is 1. The van der Waals surface area contributed by atoms with E-state index < -0.39 is 0 Å². The second kappa shape index (κ2) is 4.34. The fourth-order valence-corrected chi connectivity index (χ4v) is 1.64. The van der Waals surface area contributed by atoms with Crippen LogP contribution in [0.4, 0.5) is 5.82 Å². The van der Waals surface area contributed by atoms with Crippen molar-refractivity contribution in [3.05, 3.63) is 34.1 Å². The molecule has 14 heavy (non-hydrogen) atoms. The number of thiazole rings is 1. The summed E-state index contributed by atoms with van der Waals surface area (Å²) in [5, 5.41) is 5.51. The summed E-state index contributed by atoms with van der Waals surface area (Å²) in [4.78, 5) is 11.9. The zero-order valence-corrected chi connectivity index (χ0v) is 8.72. The van der Waals surface area contributed by atoms with Gasteiger partial charge in [0.2, 0.25) is 0 Å². The molecule has 0 amide bonds. The molecule has 0 saturated carbocycles. The number of nitrogens with zero attached hydrogens (tertiary/aromatic N) is 3. The molecule has 0 bridgehead atoms. The topological polar surface area (TPSA) is 50.7 Å². The lowest BCUT2D eigenvalue weighted by molar-refractivity contribution is 1.04. The zero-order chi connectivity index (χ0) is 9.80. The molecule has 72 valence electrons. The van der Waals surface area contributed by atoms with E-state index in [-0.39, 0.29) is 0 Å². The summed E-state index contributed by atoms with van der Waals surface area (Å²) >= 11 is 7.27. The Morgan fingerprint density at radius 2 is 2.29 bits per heavy atom. The summed E-state index contributed by atoms with van der Waals surface area (Å²) < 4.78 is 0. The molecule has 0 saturated heterocycles. The molecule has 2 rings (SSSR count). The minimum atomic E-state index is 0.431. The predicted molar refractivity (Wildman–Crippen MR) is 56.5 cm³/mol. The van der Waals surface area contributed by atoms with Crippen molar-refractivity contribution in [1.29, 1.82) is 0 Å². The van der Waals surface area contributed by atoms with Gasteiger partial charge in [0.25, 0.3) is 0 Å². The molecule has 4 nitrogen and oxygen atoms in total. The van der Waals surface area contributed by atoms with Crippen molar-refractivity contribution in [2.45, 2.75) is 6.54 Å². The predicted octanol–water partition coefficient (Wildman–Crippen LogP) is 2.20. The van der Waals surface area contributed by atoms with Gasteiger partial charge >= 0.3 is 0 Å². The third-order valence-electron chi connectivity index (χ3n) is 1.57. The van der Waals surface area contributed by atoms with Crippen LogP contribution in [0.2, 0.25) is 5.15 Å². The van der Waals surface area contributed by atoms with E-state index in [2.05, 4.69) is 20.3 Å². The van der Waals surface area contributed by atoms with Gasteiger partial charge < -0.3 is 5.32 Å². The van der Waals surface area contributed by atoms with Gasteiger partial charge in [0, 0.05) is 11.4 Å². The first-order valence-electron chi connectivity index (χ1n) is 3.93. The smallest absolute Gasteiger partial charge is 0.134 e. The van der Waals surface area contributed by atoms with Crippen LogP contribution in [0.25, 0.3) is 0 Å². The van der Waals surface area contributed by atoms with Gasteiger partial charge in [-0.15, -0.1) is 11.3 Å². The van der Waals surface area contributed by atoms with Gasteiger partial charge in [-0.3, -0.25) is 0 Å². The molecule has 6 heteroatoms. The third kappa shape index (κ3) is 2.40. The summed E-state index contributed by atoms with van der Waals surface area (Å²) in [5.74, 6) is 0.706. The minimum absolute atomic E-state index is 0.431. The molecule has 0 aliphatic rings. The highest BCUT2D eigenvalue weighted by molar-refractivity contribution is 7.07. The van der Waals surface area contributed by atoms with Crippen molar-refractivity contribution in [1.82, 2.24) is 15.0 Å². The molecule has 0 unspecified atom stereocenters. The Labute approximate surface area is 90.0 Å². The van der Waals surface area contributed by atoms with E-state index in [4.69, 9.17) is 11.6 Å². The van der Waals surface area contributed by atoms with Crippen LogP contribution in [0.5, 0.6) is 0 Å². The number of aromatic nitrogens is 3. The maximum absolute atomic E-state index is 5.70. The first-order chi connectivity index (χ1) is 6.84. The van der Waals surface area contributed by atoms with Gasteiger partial charge in [-0.1, -0.05) is 11.6 Å². The molecule has 0 aliphatic heterocycles. The minimum Gasteiger partial charge on any atom is -0.364 e. The molecule has 0 aromatic carbocycles. The van der Waals surface area contributed by atoms with Gasteiger partial charge in [-0.05, 0) is 0 Å². The van der Waals surface area contributed by atoms with Crippen LogP contribution >= 0.6 is 22.9 Å². The highest BCUT2D eigenvalue weighted by Gasteiger charge is 1.97. The first kappa shape index (κ1) is 9.36. The summed E-state index contributed by atoms with van der Waals surface area (Å²) in [5.41, 5.74) is 2.79. The Balaban J connectivity index is 1.98. The second-order valence-corrected chi connectivity index (χ2v) is 3.67. The standard InChI is InChI=1S/C8H7ClN4S/c9-7-1-8(12-4-11-7)10-2-6-3-14-5-13-6/h1,3-5H,2H2,(H,10,11,12). The van der Waals surface area contributed by atoms with E-state index in [9.17, 15) is 0 Å². The van der Waals surface area contributed by atoms with Gasteiger partial charge in [-0.2, -0.15) is 0 Å². The maximum Gasteiger partial charge on any atom is 0.134 e. The number of hydrogen-bond acceptors (Lipinski definition) is 5. The van der Waals surface area contributed by atoms with Crippen molar-refractivity contribution in [3.63, 3.8) is 0 Å². The molecule has 2 heterocycles. The molecule has 0 radical (unpaired) electrons. The Morgan fingerprint density at radius 1 is 1.36 bits per heavy atom. The van der Waals surface area contributed by atoms with Crippen LogP contribution in [0.1, 0.15) is 5.69 Å². The molecule has 2 aromatic rings. The van der Waals surface area contributed by atoms with E-state index in [1.165, 1.54) is 6.33 Å². The number of rotatable bonds is 3. The monoisotopic (exact) mass is 226 g/mol. The fraction of sp³-hybridized carbons (Fsp3) is 0.125. The lowest BCUT2D eigenvalue weighted by Crippen LogP contribution is -2.01. The molecule has 1 N–H and O–H groups in total. The number of nitrogens with one attached hydrogen (secondary N) is 1. The molecule has 0 fully saturated rings. The molecule has 0 atom stereocenters. The largest absolute Gasteiger partial charge is 0.364 e. The SMILES string of the molecule is Clc1cc(NCc2cscn2)ncn1. The van der Waals surface area contributed by atoms with Crippen LogP contribution in [0.3, 0.4) is 0 Å². The highest BCUT2D eigenvalue weighted by Crippen LogP contribution is 2.10. The van der Waals surface area contributed by atoms with E-state index in [0.717, 1.165) is 5.69 Å². The molecular formula is C8H7ClN4S. The summed E-state index contributed by atoms with van der Waals surface area (Å²) in [6.45, 7) is 0.650. The fourth-order valence-electron chi connectivity index (χ4n) is 0.936. The van der Waals surface area contributed by atoms with Crippen molar-refractivity contribution < 1.29 is 0 Å². The average molecular weight is 227 g/mol. The lowest BCUT2D eigenvalue weighted by atomic mass is 10.4. The first-order valence-corrected chi connectivity index (χ1v) is 5.25. The van der Waals surface area contributed by atoms with Gasteiger partial charge in [0.05, 0.1) is 17.7 Å². The van der Waals surface area contributed by atoms with Gasteiger partial charge in [0.15, 0.2) is 0 Å². The normalized spacial score (nSPS) is 10.1. The summed E-state index contributed by atoms with van der Waals surface area (Å²) in [6, 6.07) is 1.67. The molecule has 0 spiro atoms. The van der Waals surface area contributed by atoms with E-state index in [0.29, 0.717) is 17.5 Å². The summed E-state index contributed by atoms with van der Waals surface area (Å²) in [6.07, 6.45) is 1.42. The lowest BCUT2D eigenvalue weighted by Gasteiger charge is -2.02. The number of anilines is 1. The van der Waals surface area contributed by atoms with Crippen LogP contribution in [0, 0.1) is 0 Å². The Morgan fingerprint density at radius 3 is 3.00 bits per heavy atom. The maximum atomic E-state index is 5.70. The van der Waals surface area contributed by atoms with E-state index >= 15 is 0 Å². The highest BCUT2D eigenvalue weighted by atomic mass is 35.5. The average Bonchev–Trinajstić information content (AvgIpc) is 2.67. The zero-order valence-electron chi connectivity index (χ0n) is 7.14. The van der Waals surface area contributed by atoms with Crippen molar-refractivity contribution in [2.24, 2.45) is 0 Å². The molecular weight excluding hydrogens is 220 g/mol.